The number of carbonyl (C=O) groups is 1. The van der Waals surface area contributed by atoms with Crippen LogP contribution < -0.4 is 10.6 Å². The standard InChI is InChI=1S/C14H24N4O/c1-10(2)6-7-15-13(19)11-8-17-12(9-16-11)18-14(3,4)5/h8-10H,6-7H2,1-5H3,(H,15,19)(H,17,18). The van der Waals surface area contributed by atoms with Crippen molar-refractivity contribution in [2.75, 3.05) is 11.9 Å². The molecule has 1 heterocycles. The van der Waals surface area contributed by atoms with Crippen molar-refractivity contribution in [2.45, 2.75) is 46.6 Å². The Bertz CT molecular complexity index is 406. The van der Waals surface area contributed by atoms with E-state index < -0.39 is 0 Å². The van der Waals surface area contributed by atoms with Crippen molar-refractivity contribution in [3.8, 4) is 0 Å². The molecule has 19 heavy (non-hydrogen) atoms. The molecule has 106 valence electrons. The Hall–Kier alpha value is -1.65. The highest BCUT2D eigenvalue weighted by molar-refractivity contribution is 5.91. The first-order valence-electron chi connectivity index (χ1n) is 6.66. The average Bonchev–Trinajstić information content (AvgIpc) is 2.27. The topological polar surface area (TPSA) is 66.9 Å². The van der Waals surface area contributed by atoms with Crippen molar-refractivity contribution >= 4 is 11.7 Å². The molecule has 0 aliphatic heterocycles. The van der Waals surface area contributed by atoms with E-state index in [1.807, 2.05) is 20.8 Å². The molecule has 0 unspecified atom stereocenters. The Morgan fingerprint density at radius 2 is 1.95 bits per heavy atom. The molecule has 0 saturated heterocycles. The van der Waals surface area contributed by atoms with Crippen LogP contribution in [-0.2, 0) is 0 Å². The van der Waals surface area contributed by atoms with Crippen LogP contribution in [0.15, 0.2) is 12.4 Å². The van der Waals surface area contributed by atoms with Gasteiger partial charge in [-0.25, -0.2) is 9.97 Å². The van der Waals surface area contributed by atoms with Crippen molar-refractivity contribution in [3.63, 3.8) is 0 Å². The van der Waals surface area contributed by atoms with Gasteiger partial charge in [0.15, 0.2) is 0 Å². The number of nitrogens with zero attached hydrogens (tertiary/aromatic N) is 2. The second kappa shape index (κ2) is 6.50. The Kier molecular flexibility index (Phi) is 5.27. The molecular formula is C14H24N4O. The third-order valence-corrected chi connectivity index (χ3v) is 2.39. The first-order valence-corrected chi connectivity index (χ1v) is 6.66. The van der Waals surface area contributed by atoms with Gasteiger partial charge in [0.25, 0.3) is 5.91 Å². The summed E-state index contributed by atoms with van der Waals surface area (Å²) in [6, 6.07) is 0. The van der Waals surface area contributed by atoms with Crippen molar-refractivity contribution in [1.82, 2.24) is 15.3 Å². The molecule has 0 aliphatic carbocycles. The number of rotatable bonds is 5. The van der Waals surface area contributed by atoms with E-state index in [0.717, 1.165) is 6.42 Å². The zero-order valence-corrected chi connectivity index (χ0v) is 12.4. The zero-order valence-electron chi connectivity index (χ0n) is 12.4. The largest absolute Gasteiger partial charge is 0.364 e. The predicted molar refractivity (Wildman–Crippen MR) is 77.2 cm³/mol. The summed E-state index contributed by atoms with van der Waals surface area (Å²) in [4.78, 5) is 20.1. The van der Waals surface area contributed by atoms with Gasteiger partial charge in [-0.1, -0.05) is 13.8 Å². The van der Waals surface area contributed by atoms with Crippen LogP contribution in [0, 0.1) is 5.92 Å². The van der Waals surface area contributed by atoms with Gasteiger partial charge < -0.3 is 10.6 Å². The van der Waals surface area contributed by atoms with Gasteiger partial charge in [-0.2, -0.15) is 0 Å². The second-order valence-electron chi connectivity index (χ2n) is 6.10. The lowest BCUT2D eigenvalue weighted by molar-refractivity contribution is 0.0946. The van der Waals surface area contributed by atoms with Gasteiger partial charge in [-0.15, -0.1) is 0 Å². The molecule has 0 saturated carbocycles. The molecule has 0 aliphatic rings. The van der Waals surface area contributed by atoms with E-state index in [2.05, 4.69) is 34.4 Å². The number of nitrogens with one attached hydrogen (secondary N) is 2. The number of amides is 1. The molecule has 0 aromatic carbocycles. The smallest absolute Gasteiger partial charge is 0.271 e. The molecule has 5 nitrogen and oxygen atoms in total. The lowest BCUT2D eigenvalue weighted by Crippen LogP contribution is -2.28. The highest BCUT2D eigenvalue weighted by atomic mass is 16.1. The molecular weight excluding hydrogens is 240 g/mol. The fraction of sp³-hybridized carbons (Fsp3) is 0.643. The van der Waals surface area contributed by atoms with Gasteiger partial charge in [0.05, 0.1) is 12.4 Å². The summed E-state index contributed by atoms with van der Waals surface area (Å²) in [7, 11) is 0. The Morgan fingerprint density at radius 1 is 1.26 bits per heavy atom. The molecule has 0 spiro atoms. The van der Waals surface area contributed by atoms with Crippen LogP contribution in [0.1, 0.15) is 51.5 Å². The van der Waals surface area contributed by atoms with Crippen LogP contribution >= 0.6 is 0 Å². The molecule has 1 aromatic heterocycles. The normalized spacial score (nSPS) is 11.5. The summed E-state index contributed by atoms with van der Waals surface area (Å²) >= 11 is 0. The summed E-state index contributed by atoms with van der Waals surface area (Å²) in [5.41, 5.74) is 0.277. The molecule has 1 amide bonds. The maximum Gasteiger partial charge on any atom is 0.271 e. The SMILES string of the molecule is CC(C)CCNC(=O)c1cnc(NC(C)(C)C)cn1. The number of hydrogen-bond acceptors (Lipinski definition) is 4. The van der Waals surface area contributed by atoms with Crippen LogP contribution in [0.4, 0.5) is 5.82 Å². The van der Waals surface area contributed by atoms with E-state index in [0.29, 0.717) is 24.0 Å². The first kappa shape index (κ1) is 15.4. The second-order valence-corrected chi connectivity index (χ2v) is 6.10. The average molecular weight is 264 g/mol. The predicted octanol–water partition coefficient (Wildman–Crippen LogP) is 2.46. The van der Waals surface area contributed by atoms with Gasteiger partial charge in [-0.05, 0) is 33.1 Å². The van der Waals surface area contributed by atoms with E-state index in [4.69, 9.17) is 0 Å². The van der Waals surface area contributed by atoms with Crippen LogP contribution in [-0.4, -0.2) is 28.0 Å². The lowest BCUT2D eigenvalue weighted by Gasteiger charge is -2.20. The highest BCUT2D eigenvalue weighted by Gasteiger charge is 2.12. The number of carbonyl (C=O) groups excluding carboxylic acids is 1. The van der Waals surface area contributed by atoms with Gasteiger partial charge in [-0.3, -0.25) is 4.79 Å². The monoisotopic (exact) mass is 264 g/mol. The minimum atomic E-state index is -0.171. The molecule has 0 fully saturated rings. The molecule has 5 heteroatoms. The first-order chi connectivity index (χ1) is 8.78. The van der Waals surface area contributed by atoms with Gasteiger partial charge in [0.2, 0.25) is 0 Å². The molecule has 0 atom stereocenters. The quantitative estimate of drug-likeness (QED) is 0.857. The lowest BCUT2D eigenvalue weighted by atomic mass is 10.1. The van der Waals surface area contributed by atoms with E-state index in [1.54, 1.807) is 6.20 Å². The number of aromatic nitrogens is 2. The molecule has 2 N–H and O–H groups in total. The van der Waals surface area contributed by atoms with E-state index in [-0.39, 0.29) is 11.4 Å². The number of hydrogen-bond donors (Lipinski definition) is 2. The zero-order chi connectivity index (χ0) is 14.5. The fourth-order valence-corrected chi connectivity index (χ4v) is 1.46. The highest BCUT2D eigenvalue weighted by Crippen LogP contribution is 2.10. The summed E-state index contributed by atoms with van der Waals surface area (Å²) in [5, 5.41) is 6.04. The minimum absolute atomic E-state index is 0.0737. The van der Waals surface area contributed by atoms with E-state index in [9.17, 15) is 4.79 Å². The van der Waals surface area contributed by atoms with Crippen molar-refractivity contribution < 1.29 is 4.79 Å². The summed E-state index contributed by atoms with van der Waals surface area (Å²) in [6.07, 6.45) is 4.05. The third kappa shape index (κ3) is 6.18. The van der Waals surface area contributed by atoms with Gasteiger partial charge >= 0.3 is 0 Å². The maximum absolute atomic E-state index is 11.8. The summed E-state index contributed by atoms with van der Waals surface area (Å²) in [6.45, 7) is 11.0. The summed E-state index contributed by atoms with van der Waals surface area (Å²) < 4.78 is 0. The molecule has 1 rings (SSSR count). The third-order valence-electron chi connectivity index (χ3n) is 2.39. The maximum atomic E-state index is 11.8. The molecule has 1 aromatic rings. The summed E-state index contributed by atoms with van der Waals surface area (Å²) in [5.74, 6) is 1.08. The van der Waals surface area contributed by atoms with Gasteiger partial charge in [0, 0.05) is 12.1 Å². The fourth-order valence-electron chi connectivity index (χ4n) is 1.46. The van der Waals surface area contributed by atoms with Crippen molar-refractivity contribution in [3.05, 3.63) is 18.1 Å². The van der Waals surface area contributed by atoms with Crippen LogP contribution in [0.5, 0.6) is 0 Å². The van der Waals surface area contributed by atoms with Crippen LogP contribution in [0.3, 0.4) is 0 Å². The molecule has 0 bridgehead atoms. The van der Waals surface area contributed by atoms with Gasteiger partial charge in [0.1, 0.15) is 11.5 Å². The Balaban J connectivity index is 2.53. The molecule has 0 radical (unpaired) electrons. The Labute approximate surface area is 115 Å². The Morgan fingerprint density at radius 3 is 2.42 bits per heavy atom. The van der Waals surface area contributed by atoms with Crippen molar-refractivity contribution in [1.29, 1.82) is 0 Å². The van der Waals surface area contributed by atoms with E-state index in [1.165, 1.54) is 6.20 Å². The van der Waals surface area contributed by atoms with Crippen LogP contribution in [0.2, 0.25) is 0 Å². The minimum Gasteiger partial charge on any atom is -0.364 e. The number of anilines is 1. The van der Waals surface area contributed by atoms with Crippen LogP contribution in [0.25, 0.3) is 0 Å². The van der Waals surface area contributed by atoms with Crippen molar-refractivity contribution in [2.24, 2.45) is 5.92 Å². The van der Waals surface area contributed by atoms with E-state index >= 15 is 0 Å².